The fourth-order valence-electron chi connectivity index (χ4n) is 1.41. The highest BCUT2D eigenvalue weighted by Crippen LogP contribution is 2.31. The molecule has 0 N–H and O–H groups in total. The van der Waals surface area contributed by atoms with Crippen molar-refractivity contribution in [2.45, 2.75) is 17.6 Å². The lowest BCUT2D eigenvalue weighted by atomic mass is 10.1. The van der Waals surface area contributed by atoms with Gasteiger partial charge in [0, 0.05) is 16.8 Å². The van der Waals surface area contributed by atoms with Crippen LogP contribution in [0.15, 0.2) is 24.3 Å². The zero-order chi connectivity index (χ0) is 13.3. The van der Waals surface area contributed by atoms with Crippen molar-refractivity contribution in [2.75, 3.05) is 6.26 Å². The van der Waals surface area contributed by atoms with Crippen LogP contribution < -0.4 is 0 Å². The van der Waals surface area contributed by atoms with Crippen LogP contribution in [0.25, 0.3) is 0 Å². The van der Waals surface area contributed by atoms with Gasteiger partial charge in [-0.3, -0.25) is 4.79 Å². The van der Waals surface area contributed by atoms with Gasteiger partial charge >= 0.3 is 0 Å². The van der Waals surface area contributed by atoms with Crippen molar-refractivity contribution >= 4 is 38.8 Å². The van der Waals surface area contributed by atoms with Crippen molar-refractivity contribution in [3.05, 3.63) is 34.9 Å². The third-order valence-corrected chi connectivity index (χ3v) is 5.67. The molecule has 0 amide bonds. The van der Waals surface area contributed by atoms with Gasteiger partial charge in [0.25, 0.3) is 0 Å². The number of ketones is 1. The van der Waals surface area contributed by atoms with Gasteiger partial charge in [-0.2, -0.15) is 0 Å². The zero-order valence-corrected chi connectivity index (χ0v) is 11.7. The number of Topliss-reactive ketones (excluding diaryl/α,β-unsaturated/α-hetero) is 1. The van der Waals surface area contributed by atoms with Crippen LogP contribution in [-0.2, 0) is 9.84 Å². The van der Waals surface area contributed by atoms with Gasteiger partial charge in [0.2, 0.25) is 4.21 Å². The topological polar surface area (TPSA) is 51.2 Å². The van der Waals surface area contributed by atoms with Gasteiger partial charge in [0.15, 0.2) is 15.6 Å². The average Bonchev–Trinajstić information content (AvgIpc) is 2.26. The first kappa shape index (κ1) is 14.5. The van der Waals surface area contributed by atoms with Gasteiger partial charge in [-0.05, 0) is 30.7 Å². The van der Waals surface area contributed by atoms with E-state index in [9.17, 15) is 13.2 Å². The van der Waals surface area contributed by atoms with Gasteiger partial charge in [-0.15, -0.1) is 0 Å². The number of rotatable bonds is 4. The molecule has 0 unspecified atom stereocenters. The molecule has 3 nitrogen and oxygen atoms in total. The van der Waals surface area contributed by atoms with Crippen molar-refractivity contribution in [3.63, 3.8) is 0 Å². The molecule has 0 aliphatic heterocycles. The summed E-state index contributed by atoms with van der Waals surface area (Å²) in [5, 5.41) is 0.470. The normalized spacial score (nSPS) is 15.3. The monoisotopic (exact) mass is 294 g/mol. The second kappa shape index (κ2) is 4.96. The van der Waals surface area contributed by atoms with Gasteiger partial charge in [-0.25, -0.2) is 8.42 Å². The Balaban J connectivity index is 3.24. The molecule has 0 heterocycles. The Morgan fingerprint density at radius 2 is 1.76 bits per heavy atom. The minimum Gasteiger partial charge on any atom is -0.291 e. The first-order chi connectivity index (χ1) is 7.72. The van der Waals surface area contributed by atoms with Crippen molar-refractivity contribution in [3.8, 4) is 0 Å². The Hall–Kier alpha value is -0.580. The van der Waals surface area contributed by atoms with Crippen LogP contribution in [-0.4, -0.2) is 24.7 Å². The molecule has 6 heteroatoms. The Morgan fingerprint density at radius 1 is 1.29 bits per heavy atom. The number of alkyl halides is 1. The predicted octanol–water partition coefficient (Wildman–Crippen LogP) is 2.91. The SMILES string of the molecule is CC[C@@](Cl)(C(=O)c1ccc(Cl)cc1)S(C)(=O)=O. The van der Waals surface area contributed by atoms with Gasteiger partial charge in [-0.1, -0.05) is 30.1 Å². The van der Waals surface area contributed by atoms with Gasteiger partial charge < -0.3 is 0 Å². The molecule has 1 aromatic carbocycles. The quantitative estimate of drug-likeness (QED) is 0.634. The summed E-state index contributed by atoms with van der Waals surface area (Å²) in [6.45, 7) is 1.56. The highest BCUT2D eigenvalue weighted by molar-refractivity contribution is 7.94. The summed E-state index contributed by atoms with van der Waals surface area (Å²) in [4.78, 5) is 12.1. The molecule has 0 spiro atoms. The fourth-order valence-corrected chi connectivity index (χ4v) is 2.62. The second-order valence-electron chi connectivity index (χ2n) is 3.69. The summed E-state index contributed by atoms with van der Waals surface area (Å²) in [6, 6.07) is 5.96. The Kier molecular flexibility index (Phi) is 4.23. The molecule has 0 saturated heterocycles. The molecule has 1 rings (SSSR count). The molecular formula is C11H12Cl2O3S. The number of hydrogen-bond donors (Lipinski definition) is 0. The van der Waals surface area contributed by atoms with Crippen LogP contribution in [0, 0.1) is 0 Å². The summed E-state index contributed by atoms with van der Waals surface area (Å²) in [5.74, 6) is -0.624. The summed E-state index contributed by atoms with van der Waals surface area (Å²) in [5.41, 5.74) is 0.233. The molecule has 0 saturated carbocycles. The van der Waals surface area contributed by atoms with Crippen LogP contribution in [0.5, 0.6) is 0 Å². The van der Waals surface area contributed by atoms with Gasteiger partial charge in [0.05, 0.1) is 0 Å². The van der Waals surface area contributed by atoms with Gasteiger partial charge in [0.1, 0.15) is 0 Å². The molecule has 17 heavy (non-hydrogen) atoms. The van der Waals surface area contributed by atoms with E-state index in [1.807, 2.05) is 0 Å². The third-order valence-electron chi connectivity index (χ3n) is 2.49. The Labute approximate surface area is 111 Å². The van der Waals surface area contributed by atoms with E-state index in [1.165, 1.54) is 24.3 Å². The average molecular weight is 295 g/mol. The van der Waals surface area contributed by atoms with E-state index in [4.69, 9.17) is 23.2 Å². The van der Waals surface area contributed by atoms with Crippen LogP contribution >= 0.6 is 23.2 Å². The minimum absolute atomic E-state index is 0.00878. The lowest BCUT2D eigenvalue weighted by Crippen LogP contribution is -2.40. The van der Waals surface area contributed by atoms with E-state index in [2.05, 4.69) is 0 Å². The standard InChI is InChI=1S/C11H12Cl2O3S/c1-3-11(13,17(2,15)16)10(14)8-4-6-9(12)7-5-8/h4-7H,3H2,1-2H3/t11-/m0/s1. The number of hydrogen-bond acceptors (Lipinski definition) is 3. The largest absolute Gasteiger partial charge is 0.291 e. The van der Waals surface area contributed by atoms with Crippen LogP contribution in [0.2, 0.25) is 5.02 Å². The Bertz CT molecular complexity index is 522. The van der Waals surface area contributed by atoms with E-state index >= 15 is 0 Å². The molecule has 0 aromatic heterocycles. The number of halogens is 2. The maximum absolute atomic E-state index is 12.1. The highest BCUT2D eigenvalue weighted by atomic mass is 35.5. The smallest absolute Gasteiger partial charge is 0.207 e. The van der Waals surface area contributed by atoms with Crippen LogP contribution in [0.1, 0.15) is 23.7 Å². The van der Waals surface area contributed by atoms with E-state index < -0.39 is 19.8 Å². The molecule has 1 aromatic rings. The molecule has 0 aliphatic carbocycles. The lowest BCUT2D eigenvalue weighted by molar-refractivity contribution is 0.0971. The lowest BCUT2D eigenvalue weighted by Gasteiger charge is -2.21. The number of sulfone groups is 1. The molecule has 1 atom stereocenters. The third kappa shape index (κ3) is 2.81. The minimum atomic E-state index is -3.69. The summed E-state index contributed by atoms with van der Waals surface area (Å²) < 4.78 is 21.3. The maximum atomic E-state index is 12.1. The Morgan fingerprint density at radius 3 is 2.12 bits per heavy atom. The summed E-state index contributed by atoms with van der Waals surface area (Å²) in [7, 11) is -3.69. The van der Waals surface area contributed by atoms with Crippen molar-refractivity contribution in [1.29, 1.82) is 0 Å². The van der Waals surface area contributed by atoms with Crippen molar-refractivity contribution in [2.24, 2.45) is 0 Å². The first-order valence-corrected chi connectivity index (χ1v) is 7.56. The number of carbonyl (C=O) groups excluding carboxylic acids is 1. The van der Waals surface area contributed by atoms with E-state index in [1.54, 1.807) is 6.92 Å². The molecule has 0 aliphatic rings. The highest BCUT2D eigenvalue weighted by Gasteiger charge is 2.44. The van der Waals surface area contributed by atoms with E-state index in [0.717, 1.165) is 6.26 Å². The predicted molar refractivity (Wildman–Crippen MR) is 69.5 cm³/mol. The maximum Gasteiger partial charge on any atom is 0.207 e. The fraction of sp³-hybridized carbons (Fsp3) is 0.364. The van der Waals surface area contributed by atoms with Crippen LogP contribution in [0.4, 0.5) is 0 Å². The summed E-state index contributed by atoms with van der Waals surface area (Å²) in [6.07, 6.45) is 0.964. The molecule has 0 fully saturated rings. The molecule has 0 bridgehead atoms. The van der Waals surface area contributed by atoms with Crippen molar-refractivity contribution < 1.29 is 13.2 Å². The summed E-state index contributed by atoms with van der Waals surface area (Å²) >= 11 is 11.6. The van der Waals surface area contributed by atoms with E-state index in [-0.39, 0.29) is 12.0 Å². The molecular weight excluding hydrogens is 283 g/mol. The number of carbonyl (C=O) groups is 1. The molecule has 94 valence electrons. The second-order valence-corrected chi connectivity index (χ2v) is 7.24. The van der Waals surface area contributed by atoms with E-state index in [0.29, 0.717) is 5.02 Å². The number of benzene rings is 1. The molecule has 0 radical (unpaired) electrons. The van der Waals surface area contributed by atoms with Crippen LogP contribution in [0.3, 0.4) is 0 Å². The van der Waals surface area contributed by atoms with Crippen molar-refractivity contribution in [1.82, 2.24) is 0 Å². The zero-order valence-electron chi connectivity index (χ0n) is 9.41. The first-order valence-electron chi connectivity index (χ1n) is 4.91.